The zero-order chi connectivity index (χ0) is 19.4. The minimum Gasteiger partial charge on any atom is -0.496 e. The van der Waals surface area contributed by atoms with Crippen LogP contribution in [0.3, 0.4) is 0 Å². The van der Waals surface area contributed by atoms with Gasteiger partial charge in [-0.2, -0.15) is 0 Å². The van der Waals surface area contributed by atoms with Crippen molar-refractivity contribution >= 4 is 17.5 Å². The number of nitrogens with zero attached hydrogens (tertiary/aromatic N) is 2. The first-order valence-corrected chi connectivity index (χ1v) is 9.07. The summed E-state index contributed by atoms with van der Waals surface area (Å²) in [7, 11) is 2.98. The molecule has 0 radical (unpaired) electrons. The molecule has 1 saturated heterocycles. The first kappa shape index (κ1) is 19.5. The molecule has 0 bridgehead atoms. The standard InChI is InChI=1S/C20H22ClFN2O3/c1-26-18-6-4-15(21)12-16(18)20(25)24-9-7-23(8-10-24)13-14-3-5-19(27-2)17(22)11-14/h3-6,11-12H,7-10,13H2,1-2H3. The summed E-state index contributed by atoms with van der Waals surface area (Å²) in [4.78, 5) is 16.8. The van der Waals surface area contributed by atoms with Gasteiger partial charge >= 0.3 is 0 Å². The van der Waals surface area contributed by atoms with Gasteiger partial charge in [0.1, 0.15) is 5.75 Å². The average molecular weight is 393 g/mol. The van der Waals surface area contributed by atoms with Crippen LogP contribution in [-0.2, 0) is 6.54 Å². The van der Waals surface area contributed by atoms with Gasteiger partial charge < -0.3 is 14.4 Å². The largest absolute Gasteiger partial charge is 0.496 e. The molecule has 144 valence electrons. The van der Waals surface area contributed by atoms with Crippen molar-refractivity contribution in [3.05, 3.63) is 58.4 Å². The van der Waals surface area contributed by atoms with Crippen molar-refractivity contribution in [2.75, 3.05) is 40.4 Å². The Morgan fingerprint density at radius 2 is 1.70 bits per heavy atom. The summed E-state index contributed by atoms with van der Waals surface area (Å²) in [5, 5.41) is 0.499. The lowest BCUT2D eigenvalue weighted by atomic mass is 10.1. The number of ether oxygens (including phenoxy) is 2. The van der Waals surface area contributed by atoms with Crippen molar-refractivity contribution in [2.24, 2.45) is 0 Å². The summed E-state index contributed by atoms with van der Waals surface area (Å²) in [5.41, 5.74) is 1.35. The molecule has 5 nitrogen and oxygen atoms in total. The van der Waals surface area contributed by atoms with E-state index in [0.717, 1.165) is 5.56 Å². The van der Waals surface area contributed by atoms with E-state index in [1.807, 2.05) is 6.07 Å². The number of amides is 1. The molecule has 1 aliphatic rings. The molecule has 0 aromatic heterocycles. The van der Waals surface area contributed by atoms with Gasteiger partial charge in [-0.15, -0.1) is 0 Å². The molecule has 27 heavy (non-hydrogen) atoms. The molecule has 0 N–H and O–H groups in total. The highest BCUT2D eigenvalue weighted by Crippen LogP contribution is 2.25. The van der Waals surface area contributed by atoms with Gasteiger partial charge in [0.2, 0.25) is 0 Å². The lowest BCUT2D eigenvalue weighted by Crippen LogP contribution is -2.48. The number of piperazine rings is 1. The normalized spacial score (nSPS) is 14.9. The highest BCUT2D eigenvalue weighted by atomic mass is 35.5. The second kappa shape index (κ2) is 8.59. The number of benzene rings is 2. The Hall–Kier alpha value is -2.31. The number of hydrogen-bond acceptors (Lipinski definition) is 4. The van der Waals surface area contributed by atoms with E-state index in [1.54, 1.807) is 29.2 Å². The Labute approximate surface area is 163 Å². The van der Waals surface area contributed by atoms with Gasteiger partial charge in [0.05, 0.1) is 19.8 Å². The first-order valence-electron chi connectivity index (χ1n) is 8.69. The van der Waals surface area contributed by atoms with Crippen LogP contribution in [0.4, 0.5) is 4.39 Å². The van der Waals surface area contributed by atoms with Crippen molar-refractivity contribution in [2.45, 2.75) is 6.54 Å². The minimum atomic E-state index is -0.364. The van der Waals surface area contributed by atoms with Crippen molar-refractivity contribution < 1.29 is 18.7 Å². The van der Waals surface area contributed by atoms with Crippen LogP contribution in [0, 0.1) is 5.82 Å². The number of carbonyl (C=O) groups excluding carboxylic acids is 1. The van der Waals surface area contributed by atoms with Gasteiger partial charge in [0, 0.05) is 37.7 Å². The van der Waals surface area contributed by atoms with Crippen LogP contribution in [0.2, 0.25) is 5.02 Å². The predicted molar refractivity (Wildman–Crippen MR) is 102 cm³/mol. The molecule has 0 spiro atoms. The highest BCUT2D eigenvalue weighted by Gasteiger charge is 2.24. The molecular formula is C20H22ClFN2O3. The van der Waals surface area contributed by atoms with Gasteiger partial charge in [-0.25, -0.2) is 4.39 Å². The second-order valence-electron chi connectivity index (χ2n) is 6.38. The van der Waals surface area contributed by atoms with E-state index >= 15 is 0 Å². The Kier molecular flexibility index (Phi) is 6.19. The van der Waals surface area contributed by atoms with Crippen LogP contribution in [0.25, 0.3) is 0 Å². The Morgan fingerprint density at radius 1 is 1.04 bits per heavy atom. The molecule has 2 aromatic rings. The number of halogens is 2. The van der Waals surface area contributed by atoms with E-state index in [1.165, 1.54) is 20.3 Å². The van der Waals surface area contributed by atoms with Gasteiger partial charge in [0.25, 0.3) is 5.91 Å². The summed E-state index contributed by atoms with van der Waals surface area (Å²) in [6, 6.07) is 10.0. The van der Waals surface area contributed by atoms with E-state index in [9.17, 15) is 9.18 Å². The van der Waals surface area contributed by atoms with Crippen molar-refractivity contribution in [1.82, 2.24) is 9.80 Å². The van der Waals surface area contributed by atoms with Gasteiger partial charge in [-0.05, 0) is 35.9 Å². The SMILES string of the molecule is COc1ccc(CN2CCN(C(=O)c3cc(Cl)ccc3OC)CC2)cc1F. The molecule has 0 unspecified atom stereocenters. The lowest BCUT2D eigenvalue weighted by Gasteiger charge is -2.35. The molecule has 7 heteroatoms. The fourth-order valence-corrected chi connectivity index (χ4v) is 3.37. The number of hydrogen-bond donors (Lipinski definition) is 0. The van der Waals surface area contributed by atoms with Crippen LogP contribution in [0.5, 0.6) is 11.5 Å². The smallest absolute Gasteiger partial charge is 0.257 e. The third-order valence-corrected chi connectivity index (χ3v) is 4.91. The Balaban J connectivity index is 1.61. The van der Waals surface area contributed by atoms with Crippen LogP contribution in [-0.4, -0.2) is 56.1 Å². The maximum absolute atomic E-state index is 13.8. The monoisotopic (exact) mass is 392 g/mol. The molecule has 1 heterocycles. The predicted octanol–water partition coefficient (Wildman–Crippen LogP) is 3.45. The van der Waals surface area contributed by atoms with Crippen LogP contribution >= 0.6 is 11.6 Å². The van der Waals surface area contributed by atoms with Gasteiger partial charge in [-0.1, -0.05) is 17.7 Å². The molecule has 2 aromatic carbocycles. The Morgan fingerprint density at radius 3 is 2.33 bits per heavy atom. The summed E-state index contributed by atoms with van der Waals surface area (Å²) >= 11 is 6.03. The number of methoxy groups -OCH3 is 2. The van der Waals surface area contributed by atoms with E-state index in [4.69, 9.17) is 21.1 Å². The molecule has 3 rings (SSSR count). The fraction of sp³-hybridized carbons (Fsp3) is 0.350. The van der Waals surface area contributed by atoms with Crippen molar-refractivity contribution in [3.8, 4) is 11.5 Å². The summed E-state index contributed by atoms with van der Waals surface area (Å²) in [6.45, 7) is 3.23. The summed E-state index contributed by atoms with van der Waals surface area (Å²) in [5.74, 6) is 0.298. The van der Waals surface area contributed by atoms with E-state index in [2.05, 4.69) is 4.90 Å². The first-order chi connectivity index (χ1) is 13.0. The fourth-order valence-electron chi connectivity index (χ4n) is 3.19. The van der Waals surface area contributed by atoms with Gasteiger partial charge in [0.15, 0.2) is 11.6 Å². The van der Waals surface area contributed by atoms with Crippen molar-refractivity contribution in [3.63, 3.8) is 0 Å². The quantitative estimate of drug-likeness (QED) is 0.781. The molecule has 0 atom stereocenters. The topological polar surface area (TPSA) is 42.0 Å². The molecule has 1 fully saturated rings. The molecule has 1 aliphatic heterocycles. The molecule has 0 saturated carbocycles. The highest BCUT2D eigenvalue weighted by molar-refractivity contribution is 6.31. The third-order valence-electron chi connectivity index (χ3n) is 4.67. The third kappa shape index (κ3) is 4.51. The number of rotatable bonds is 5. The average Bonchev–Trinajstić information content (AvgIpc) is 2.68. The van der Waals surface area contributed by atoms with Crippen LogP contribution < -0.4 is 9.47 Å². The van der Waals surface area contributed by atoms with E-state index < -0.39 is 0 Å². The maximum Gasteiger partial charge on any atom is 0.257 e. The zero-order valence-corrected chi connectivity index (χ0v) is 16.1. The second-order valence-corrected chi connectivity index (χ2v) is 6.82. The summed E-state index contributed by atoms with van der Waals surface area (Å²) < 4.78 is 24.1. The number of carbonyl (C=O) groups is 1. The van der Waals surface area contributed by atoms with E-state index in [0.29, 0.717) is 49.1 Å². The Bertz CT molecular complexity index is 823. The van der Waals surface area contributed by atoms with Crippen molar-refractivity contribution in [1.29, 1.82) is 0 Å². The van der Waals surface area contributed by atoms with Crippen LogP contribution in [0.15, 0.2) is 36.4 Å². The maximum atomic E-state index is 13.8. The molecule has 0 aliphatic carbocycles. The lowest BCUT2D eigenvalue weighted by molar-refractivity contribution is 0.0625. The zero-order valence-electron chi connectivity index (χ0n) is 15.4. The van der Waals surface area contributed by atoms with Gasteiger partial charge in [-0.3, -0.25) is 9.69 Å². The minimum absolute atomic E-state index is 0.0931. The van der Waals surface area contributed by atoms with E-state index in [-0.39, 0.29) is 17.5 Å². The molecular weight excluding hydrogens is 371 g/mol. The van der Waals surface area contributed by atoms with Crippen LogP contribution in [0.1, 0.15) is 15.9 Å². The molecule has 1 amide bonds. The summed E-state index contributed by atoms with van der Waals surface area (Å²) in [6.07, 6.45) is 0.